The van der Waals surface area contributed by atoms with E-state index in [-0.39, 0.29) is 23.1 Å². The smallest absolute Gasteiger partial charge is 0.340 e. The summed E-state index contributed by atoms with van der Waals surface area (Å²) in [6, 6.07) is 31.0. The second-order valence-electron chi connectivity index (χ2n) is 15.7. The van der Waals surface area contributed by atoms with Gasteiger partial charge in [0.2, 0.25) is 10.3 Å². The highest BCUT2D eigenvalue weighted by atomic mass is 32.1. The lowest BCUT2D eigenvalue weighted by Crippen LogP contribution is -2.33. The molecule has 0 fully saturated rings. The number of hydrogen-bond acceptors (Lipinski definition) is 15. The van der Waals surface area contributed by atoms with Crippen LogP contribution in [0.2, 0.25) is 0 Å². The number of aromatic amines is 1. The zero-order valence-corrected chi connectivity index (χ0v) is 38.6. The summed E-state index contributed by atoms with van der Waals surface area (Å²) in [5.41, 5.74) is 4.17. The number of thiocarbonyl (C=S) groups is 1. The summed E-state index contributed by atoms with van der Waals surface area (Å²) in [7, 11) is 0. The number of hydrogen-bond donors (Lipinski definition) is 6. The van der Waals surface area contributed by atoms with E-state index in [1.165, 1.54) is 51.6 Å². The molecule has 0 saturated heterocycles. The molecule has 6 N–H and O–H groups in total. The number of azo groups is 1. The van der Waals surface area contributed by atoms with Gasteiger partial charge in [0.15, 0.2) is 16.4 Å². The van der Waals surface area contributed by atoms with Crippen LogP contribution >= 0.6 is 34.9 Å². The molecule has 5 aromatic carbocycles. The Kier molecular flexibility index (Phi) is 12.5. The van der Waals surface area contributed by atoms with E-state index in [1.807, 2.05) is 47.8 Å². The number of nitrogens with one attached hydrogen (secondary N) is 4. The van der Waals surface area contributed by atoms with Crippen LogP contribution in [-0.4, -0.2) is 73.3 Å². The number of fused-ring (bicyclic) bond motifs is 6. The Bertz CT molecular complexity index is 3270. The van der Waals surface area contributed by atoms with Crippen molar-refractivity contribution >= 4 is 68.4 Å². The summed E-state index contributed by atoms with van der Waals surface area (Å²) in [6.45, 7) is 1.90. The van der Waals surface area contributed by atoms with Gasteiger partial charge in [0, 0.05) is 94.5 Å². The highest BCUT2D eigenvalue weighted by Crippen LogP contribution is 2.57. The third-order valence-electron chi connectivity index (χ3n) is 11.2. The average molecular weight is 978 g/mol. The van der Waals surface area contributed by atoms with Crippen molar-refractivity contribution in [2.24, 2.45) is 10.2 Å². The Hall–Kier alpha value is -8.04. The van der Waals surface area contributed by atoms with Crippen molar-refractivity contribution in [1.82, 2.24) is 30.4 Å². The fourth-order valence-electron chi connectivity index (χ4n) is 8.03. The van der Waals surface area contributed by atoms with Gasteiger partial charge in [-0.2, -0.15) is 4.68 Å². The maximum atomic E-state index is 13.6. The number of ether oxygens (including phenoxy) is 3. The first-order chi connectivity index (χ1) is 33.6. The largest absolute Gasteiger partial charge is 0.508 e. The van der Waals surface area contributed by atoms with Gasteiger partial charge >= 0.3 is 11.5 Å². The first-order valence-electron chi connectivity index (χ1n) is 21.6. The van der Waals surface area contributed by atoms with E-state index in [0.29, 0.717) is 111 Å². The number of carbonyl (C=O) groups is 2. The maximum Gasteiger partial charge on any atom is 0.340 e. The number of carbonyl (C=O) groups excluding carboxylic acids is 2. The minimum Gasteiger partial charge on any atom is -0.508 e. The molecular formula is C49H39N9O8S3. The van der Waals surface area contributed by atoms with E-state index < -0.39 is 17.1 Å². The molecule has 0 atom stereocenters. The molecular weight excluding hydrogens is 939 g/mol. The molecule has 20 heteroatoms. The Morgan fingerprint density at radius 1 is 0.826 bits per heavy atom. The van der Waals surface area contributed by atoms with Crippen LogP contribution < -0.4 is 26.2 Å². The van der Waals surface area contributed by atoms with Gasteiger partial charge in [-0.3, -0.25) is 14.7 Å². The van der Waals surface area contributed by atoms with Gasteiger partial charge in [0.05, 0.1) is 17.0 Å². The van der Waals surface area contributed by atoms with Crippen molar-refractivity contribution in [3.05, 3.63) is 164 Å². The third-order valence-corrected chi connectivity index (χ3v) is 13.0. The summed E-state index contributed by atoms with van der Waals surface area (Å²) in [6.07, 6.45) is 2.91. The standard InChI is InChI=1S/C49H39N9O8S3/c59-32-13-16-36-39(25-32)65-40-26-33(60)14-17-37(40)49(36)35-15-12-31(24-34(35)45(63)66-49)53-46(67)51-19-5-22-64-21-4-18-50-43(61)30-10-8-28(9-11-30)38-27-69-48(54-38)58-44(62)42(55-56-47-52-20-23-68-47)41(57-58)29-6-2-1-3-7-29/h1-3,6-17,20,23-27,57,59-60H,4-5,18-19,21-22H2,(H,50,61)(H2,51,53,67). The first-order valence-corrected chi connectivity index (χ1v) is 23.7. The zero-order valence-electron chi connectivity index (χ0n) is 36.2. The number of aromatic nitrogens is 4. The molecule has 0 radical (unpaired) electrons. The highest BCUT2D eigenvalue weighted by molar-refractivity contribution is 7.80. The summed E-state index contributed by atoms with van der Waals surface area (Å²) in [4.78, 5) is 48.8. The number of esters is 1. The van der Waals surface area contributed by atoms with E-state index in [9.17, 15) is 24.6 Å². The van der Waals surface area contributed by atoms with Crippen molar-refractivity contribution in [1.29, 1.82) is 0 Å². The Morgan fingerprint density at radius 2 is 1.54 bits per heavy atom. The average Bonchev–Trinajstić information content (AvgIpc) is 4.18. The lowest BCUT2D eigenvalue weighted by atomic mass is 9.77. The molecule has 8 aromatic rings. The third kappa shape index (κ3) is 9.08. The van der Waals surface area contributed by atoms with Gasteiger partial charge in [-0.05, 0) is 73.6 Å². The minimum absolute atomic E-state index is 0.0204. The van der Waals surface area contributed by atoms with E-state index in [2.05, 4.69) is 36.3 Å². The van der Waals surface area contributed by atoms with E-state index in [1.54, 1.807) is 54.0 Å². The lowest BCUT2D eigenvalue weighted by molar-refractivity contribution is 0.0224. The Labute approximate surface area is 406 Å². The summed E-state index contributed by atoms with van der Waals surface area (Å²) >= 11 is 8.13. The monoisotopic (exact) mass is 977 g/mol. The first kappa shape index (κ1) is 44.8. The van der Waals surface area contributed by atoms with Crippen LogP contribution in [-0.2, 0) is 15.1 Å². The highest BCUT2D eigenvalue weighted by Gasteiger charge is 2.53. The molecule has 0 bridgehead atoms. The van der Waals surface area contributed by atoms with Gasteiger partial charge in [-0.15, -0.1) is 32.9 Å². The molecule has 2 aliphatic heterocycles. The van der Waals surface area contributed by atoms with Gasteiger partial charge < -0.3 is 40.4 Å². The fourth-order valence-corrected chi connectivity index (χ4v) is 9.49. The van der Waals surface area contributed by atoms with Gasteiger partial charge in [-0.25, -0.2) is 14.8 Å². The number of phenols is 2. The number of phenolic OH excluding ortho intramolecular Hbond substituents is 2. The second-order valence-corrected chi connectivity index (χ2v) is 17.8. The molecule has 0 aliphatic carbocycles. The van der Waals surface area contributed by atoms with Gasteiger partial charge in [0.1, 0.15) is 23.0 Å². The molecule has 17 nitrogen and oxygen atoms in total. The van der Waals surface area contributed by atoms with Crippen molar-refractivity contribution < 1.29 is 34.0 Å². The van der Waals surface area contributed by atoms with Crippen molar-refractivity contribution in [2.45, 2.75) is 18.4 Å². The molecule has 69 heavy (non-hydrogen) atoms. The van der Waals surface area contributed by atoms with Crippen LogP contribution in [0, 0.1) is 0 Å². The van der Waals surface area contributed by atoms with Crippen molar-refractivity contribution in [3.63, 3.8) is 0 Å². The second kappa shape index (κ2) is 19.3. The number of thiazole rings is 2. The molecule has 1 amide bonds. The summed E-state index contributed by atoms with van der Waals surface area (Å²) < 4.78 is 19.3. The summed E-state index contributed by atoms with van der Waals surface area (Å²) in [5.74, 6) is -0.190. The van der Waals surface area contributed by atoms with Gasteiger partial charge in [-0.1, -0.05) is 48.5 Å². The zero-order chi connectivity index (χ0) is 47.5. The number of nitrogens with zero attached hydrogens (tertiary/aromatic N) is 5. The normalized spacial score (nSPS) is 13.1. The minimum atomic E-state index is -1.35. The molecule has 3 aromatic heterocycles. The number of H-pyrrole nitrogens is 1. The number of rotatable bonds is 15. The number of anilines is 1. The Balaban J connectivity index is 0.665. The fraction of sp³-hybridized carbons (Fsp3) is 0.143. The van der Waals surface area contributed by atoms with Crippen LogP contribution in [0.3, 0.4) is 0 Å². The molecule has 1 spiro atoms. The van der Waals surface area contributed by atoms with E-state index in [4.69, 9.17) is 31.4 Å². The SMILES string of the molecule is O=C(NCCCOCCCNC(=S)Nc1ccc2c(c1)C(=O)OC21c2ccc(O)cc2Oc2cc(O)ccc21)c1ccc(-c2csc(-n3[nH]c(-c4ccccc4)c(N=Nc4nccs4)c3=O)n2)cc1. The molecule has 0 saturated carbocycles. The maximum absolute atomic E-state index is 13.6. The molecule has 0 unspecified atom stereocenters. The number of benzene rings is 5. The van der Waals surface area contributed by atoms with Crippen LogP contribution in [0.1, 0.15) is 50.2 Å². The van der Waals surface area contributed by atoms with Crippen molar-refractivity contribution in [2.75, 3.05) is 31.6 Å². The van der Waals surface area contributed by atoms with Crippen LogP contribution in [0.25, 0.3) is 27.6 Å². The molecule has 5 heterocycles. The molecule has 10 rings (SSSR count). The van der Waals surface area contributed by atoms with Crippen LogP contribution in [0.4, 0.5) is 16.5 Å². The number of amides is 1. The van der Waals surface area contributed by atoms with E-state index >= 15 is 0 Å². The Morgan fingerprint density at radius 3 is 2.25 bits per heavy atom. The lowest BCUT2D eigenvalue weighted by Gasteiger charge is -2.36. The molecule has 346 valence electrons. The van der Waals surface area contributed by atoms with Gasteiger partial charge in [0.25, 0.3) is 5.91 Å². The predicted octanol–water partition coefficient (Wildman–Crippen LogP) is 9.32. The topological polar surface area (TPSA) is 227 Å². The van der Waals surface area contributed by atoms with Crippen molar-refractivity contribution in [3.8, 4) is 50.6 Å². The van der Waals surface area contributed by atoms with Crippen LogP contribution in [0.5, 0.6) is 23.0 Å². The number of aromatic hydroxyl groups is 2. The molecule has 2 aliphatic rings. The predicted molar refractivity (Wildman–Crippen MR) is 264 cm³/mol. The summed E-state index contributed by atoms with van der Waals surface area (Å²) in [5, 5.41) is 46.0. The van der Waals surface area contributed by atoms with E-state index in [0.717, 1.165) is 11.1 Å². The van der Waals surface area contributed by atoms with Crippen LogP contribution in [0.15, 0.2) is 141 Å². The quantitative estimate of drug-likeness (QED) is 0.0244.